The zero-order valence-corrected chi connectivity index (χ0v) is 15.7. The maximum Gasteiger partial charge on any atom is 0.143 e. The number of hydrogen-bond donors (Lipinski definition) is 0. The van der Waals surface area contributed by atoms with Gasteiger partial charge in [-0.3, -0.25) is 9.80 Å². The molecule has 3 heterocycles. The SMILES string of the molecule is CCN(C)C(C1N(C)Cc2cccc3nnn1c23)n1nnc2ccccc21. The van der Waals surface area contributed by atoms with E-state index in [4.69, 9.17) is 0 Å². The lowest BCUT2D eigenvalue weighted by Gasteiger charge is -2.41. The lowest BCUT2D eigenvalue weighted by atomic mass is 10.1. The number of fused-ring (bicyclic) bond motifs is 1. The highest BCUT2D eigenvalue weighted by Gasteiger charge is 2.38. The van der Waals surface area contributed by atoms with E-state index in [1.807, 2.05) is 39.7 Å². The van der Waals surface area contributed by atoms with Crippen LogP contribution >= 0.6 is 0 Å². The van der Waals surface area contributed by atoms with Crippen LogP contribution in [-0.2, 0) is 6.54 Å². The second kappa shape index (κ2) is 6.11. The molecule has 27 heavy (non-hydrogen) atoms. The molecule has 0 bridgehead atoms. The molecule has 0 saturated heterocycles. The van der Waals surface area contributed by atoms with E-state index in [0.29, 0.717) is 0 Å². The van der Waals surface area contributed by atoms with Crippen molar-refractivity contribution in [2.75, 3.05) is 20.6 Å². The van der Waals surface area contributed by atoms with Gasteiger partial charge >= 0.3 is 0 Å². The van der Waals surface area contributed by atoms with Crippen LogP contribution < -0.4 is 0 Å². The van der Waals surface area contributed by atoms with Gasteiger partial charge in [0.1, 0.15) is 23.4 Å². The third-order valence-electron chi connectivity index (χ3n) is 5.54. The van der Waals surface area contributed by atoms with Gasteiger partial charge in [0.05, 0.1) is 11.0 Å². The highest BCUT2D eigenvalue weighted by molar-refractivity contribution is 5.79. The van der Waals surface area contributed by atoms with Crippen LogP contribution in [0, 0.1) is 0 Å². The predicted octanol–water partition coefficient (Wildman–Crippen LogP) is 2.27. The molecule has 0 spiro atoms. The summed E-state index contributed by atoms with van der Waals surface area (Å²) in [5.41, 5.74) is 5.21. The molecule has 0 N–H and O–H groups in total. The Balaban J connectivity index is 1.72. The summed E-state index contributed by atoms with van der Waals surface area (Å²) >= 11 is 0. The molecule has 138 valence electrons. The molecule has 1 aliphatic heterocycles. The molecule has 8 nitrogen and oxygen atoms in total. The second-order valence-corrected chi connectivity index (χ2v) is 7.16. The van der Waals surface area contributed by atoms with Gasteiger partial charge < -0.3 is 0 Å². The Morgan fingerprint density at radius 3 is 2.70 bits per heavy atom. The van der Waals surface area contributed by atoms with Gasteiger partial charge in [-0.25, -0.2) is 9.36 Å². The topological polar surface area (TPSA) is 67.9 Å². The average Bonchev–Trinajstić information content (AvgIpc) is 3.30. The van der Waals surface area contributed by atoms with E-state index < -0.39 is 0 Å². The molecule has 2 aromatic heterocycles. The van der Waals surface area contributed by atoms with Gasteiger partial charge in [0.25, 0.3) is 0 Å². The summed E-state index contributed by atoms with van der Waals surface area (Å²) in [6.45, 7) is 3.87. The largest absolute Gasteiger partial charge is 0.282 e. The molecule has 2 unspecified atom stereocenters. The standard InChI is InChI=1S/C19H22N8/c1-4-24(2)18(26-16-11-6-5-9-14(16)20-22-26)19-25(3)12-13-8-7-10-15-17(13)27(19)23-21-15/h5-11,18-19H,4,12H2,1-3H3. The van der Waals surface area contributed by atoms with Crippen LogP contribution in [0.2, 0.25) is 0 Å². The van der Waals surface area contributed by atoms with Crippen molar-refractivity contribution in [2.24, 2.45) is 0 Å². The Kier molecular flexibility index (Phi) is 3.70. The number of aromatic nitrogens is 6. The molecular weight excluding hydrogens is 340 g/mol. The minimum Gasteiger partial charge on any atom is -0.282 e. The maximum absolute atomic E-state index is 4.52. The smallest absolute Gasteiger partial charge is 0.143 e. The molecule has 1 aliphatic rings. The van der Waals surface area contributed by atoms with E-state index in [1.54, 1.807) is 0 Å². The van der Waals surface area contributed by atoms with Gasteiger partial charge in [-0.2, -0.15) is 0 Å². The summed E-state index contributed by atoms with van der Waals surface area (Å²) in [7, 11) is 4.24. The number of benzene rings is 2. The van der Waals surface area contributed by atoms with Gasteiger partial charge in [-0.1, -0.05) is 41.6 Å². The molecule has 2 atom stereocenters. The van der Waals surface area contributed by atoms with E-state index in [0.717, 1.165) is 35.2 Å². The predicted molar refractivity (Wildman–Crippen MR) is 103 cm³/mol. The van der Waals surface area contributed by atoms with Crippen molar-refractivity contribution in [1.82, 2.24) is 39.8 Å². The molecule has 0 aliphatic carbocycles. The molecule has 0 fully saturated rings. The van der Waals surface area contributed by atoms with E-state index in [9.17, 15) is 0 Å². The van der Waals surface area contributed by atoms with Crippen molar-refractivity contribution in [3.63, 3.8) is 0 Å². The van der Waals surface area contributed by atoms with E-state index >= 15 is 0 Å². The van der Waals surface area contributed by atoms with Crippen molar-refractivity contribution < 1.29 is 0 Å². The minimum absolute atomic E-state index is 0.0417. The molecule has 4 aromatic rings. The Morgan fingerprint density at radius 1 is 1.07 bits per heavy atom. The van der Waals surface area contributed by atoms with Crippen molar-refractivity contribution >= 4 is 22.1 Å². The Labute approximate surface area is 157 Å². The van der Waals surface area contributed by atoms with Crippen LogP contribution in [-0.4, -0.2) is 60.4 Å². The quantitative estimate of drug-likeness (QED) is 0.555. The van der Waals surface area contributed by atoms with Gasteiger partial charge in [0.15, 0.2) is 0 Å². The number of nitrogens with zero attached hydrogens (tertiary/aromatic N) is 8. The van der Waals surface area contributed by atoms with E-state index in [-0.39, 0.29) is 12.3 Å². The average molecular weight is 362 g/mol. The monoisotopic (exact) mass is 362 g/mol. The minimum atomic E-state index is -0.0642. The summed E-state index contributed by atoms with van der Waals surface area (Å²) in [6, 6.07) is 14.3. The molecule has 0 amide bonds. The number of rotatable bonds is 4. The molecule has 2 aromatic carbocycles. The fourth-order valence-electron chi connectivity index (χ4n) is 4.09. The van der Waals surface area contributed by atoms with Crippen LogP contribution in [0.4, 0.5) is 0 Å². The van der Waals surface area contributed by atoms with E-state index in [1.165, 1.54) is 5.56 Å². The molecule has 0 radical (unpaired) electrons. The first-order chi connectivity index (χ1) is 13.2. The van der Waals surface area contributed by atoms with Gasteiger partial charge in [-0.15, -0.1) is 10.2 Å². The van der Waals surface area contributed by atoms with Gasteiger partial charge in [-0.05, 0) is 44.4 Å². The van der Waals surface area contributed by atoms with E-state index in [2.05, 4.69) is 63.6 Å². The zero-order chi connectivity index (χ0) is 18.5. The van der Waals surface area contributed by atoms with Gasteiger partial charge in [0.2, 0.25) is 0 Å². The van der Waals surface area contributed by atoms with Gasteiger partial charge in [0, 0.05) is 6.54 Å². The van der Waals surface area contributed by atoms with Crippen LogP contribution in [0.3, 0.4) is 0 Å². The van der Waals surface area contributed by atoms with Crippen molar-refractivity contribution in [1.29, 1.82) is 0 Å². The number of hydrogen-bond acceptors (Lipinski definition) is 6. The zero-order valence-electron chi connectivity index (χ0n) is 15.7. The van der Waals surface area contributed by atoms with Crippen LogP contribution in [0.25, 0.3) is 22.1 Å². The first-order valence-corrected chi connectivity index (χ1v) is 9.22. The number of likely N-dealkylation sites (N-methyl/N-ethyl adjacent to an activating group) is 2. The second-order valence-electron chi connectivity index (χ2n) is 7.16. The molecule has 5 rings (SSSR count). The summed E-state index contributed by atoms with van der Waals surface area (Å²) < 4.78 is 4.06. The fourth-order valence-corrected chi connectivity index (χ4v) is 4.09. The summed E-state index contributed by atoms with van der Waals surface area (Å²) in [5.74, 6) is 0. The third kappa shape index (κ3) is 2.37. The van der Waals surface area contributed by atoms with Crippen LogP contribution in [0.5, 0.6) is 0 Å². The van der Waals surface area contributed by atoms with Crippen LogP contribution in [0.15, 0.2) is 42.5 Å². The third-order valence-corrected chi connectivity index (χ3v) is 5.54. The Hall–Kier alpha value is -2.84. The molecule has 0 saturated carbocycles. The normalized spacial score (nSPS) is 18.6. The van der Waals surface area contributed by atoms with Crippen molar-refractivity contribution in [3.05, 3.63) is 48.0 Å². The summed E-state index contributed by atoms with van der Waals surface area (Å²) in [5, 5.41) is 17.8. The van der Waals surface area contributed by atoms with Crippen molar-refractivity contribution in [2.45, 2.75) is 25.8 Å². The maximum atomic E-state index is 4.52. The Morgan fingerprint density at radius 2 is 1.85 bits per heavy atom. The summed E-state index contributed by atoms with van der Waals surface area (Å²) in [6.07, 6.45) is -0.106. The molecular formula is C19H22N8. The van der Waals surface area contributed by atoms with Crippen molar-refractivity contribution in [3.8, 4) is 0 Å². The Bertz CT molecular complexity index is 1110. The highest BCUT2D eigenvalue weighted by Crippen LogP contribution is 2.37. The highest BCUT2D eigenvalue weighted by atomic mass is 15.6. The lowest BCUT2D eigenvalue weighted by Crippen LogP contribution is -2.45. The molecule has 8 heteroatoms. The fraction of sp³-hybridized carbons (Fsp3) is 0.368. The summed E-state index contributed by atoms with van der Waals surface area (Å²) in [4.78, 5) is 4.59. The lowest BCUT2D eigenvalue weighted by molar-refractivity contribution is 0.00402. The first-order valence-electron chi connectivity index (χ1n) is 9.22. The number of para-hydroxylation sites is 2. The first kappa shape index (κ1) is 16.3. The van der Waals surface area contributed by atoms with Crippen LogP contribution in [0.1, 0.15) is 24.8 Å².